The maximum absolute atomic E-state index is 10.6. The zero-order valence-corrected chi connectivity index (χ0v) is 10.5. The smallest absolute Gasteiger partial charge is 0.332 e. The molecule has 2 N–H and O–H groups in total. The number of carboxylic acids is 1. The van der Waals surface area contributed by atoms with Crippen molar-refractivity contribution in [3.8, 4) is 17.2 Å². The van der Waals surface area contributed by atoms with Crippen molar-refractivity contribution < 1.29 is 29.2 Å². The van der Waals surface area contributed by atoms with E-state index in [1.165, 1.54) is 21.3 Å². The average molecular weight is 256 g/mol. The van der Waals surface area contributed by atoms with Gasteiger partial charge in [0.2, 0.25) is 5.75 Å². The van der Waals surface area contributed by atoms with Crippen LogP contribution in [0.25, 0.3) is 0 Å². The molecule has 6 nitrogen and oxygen atoms in total. The SMILES string of the molecule is COc1cc(C[C@H](O)C(=O)O)cc(OC)c1OC. The summed E-state index contributed by atoms with van der Waals surface area (Å²) in [5, 5.41) is 18.0. The second-order valence-corrected chi connectivity index (χ2v) is 3.59. The van der Waals surface area contributed by atoms with Crippen LogP contribution in [0.3, 0.4) is 0 Å². The van der Waals surface area contributed by atoms with Crippen LogP contribution in [-0.2, 0) is 11.2 Å². The molecule has 0 saturated carbocycles. The van der Waals surface area contributed by atoms with Crippen LogP contribution < -0.4 is 14.2 Å². The Morgan fingerprint density at radius 2 is 1.67 bits per heavy atom. The number of carbonyl (C=O) groups is 1. The minimum absolute atomic E-state index is 0.0357. The van der Waals surface area contributed by atoms with Crippen molar-refractivity contribution in [1.29, 1.82) is 0 Å². The number of carboxylic acid groups (broad SMARTS) is 1. The molecule has 0 heterocycles. The van der Waals surface area contributed by atoms with E-state index in [4.69, 9.17) is 19.3 Å². The van der Waals surface area contributed by atoms with Gasteiger partial charge in [0, 0.05) is 6.42 Å². The molecule has 1 rings (SSSR count). The first-order valence-corrected chi connectivity index (χ1v) is 5.23. The van der Waals surface area contributed by atoms with Crippen molar-refractivity contribution >= 4 is 5.97 Å². The molecule has 0 aliphatic carbocycles. The monoisotopic (exact) mass is 256 g/mol. The highest BCUT2D eigenvalue weighted by molar-refractivity contribution is 5.72. The highest BCUT2D eigenvalue weighted by Crippen LogP contribution is 2.38. The number of ether oxygens (including phenoxy) is 3. The van der Waals surface area contributed by atoms with Crippen LogP contribution in [0, 0.1) is 0 Å². The third-order valence-electron chi connectivity index (χ3n) is 2.44. The molecule has 6 heteroatoms. The van der Waals surface area contributed by atoms with Gasteiger partial charge >= 0.3 is 5.97 Å². The second kappa shape index (κ2) is 6.11. The van der Waals surface area contributed by atoms with Gasteiger partial charge in [-0.2, -0.15) is 0 Å². The lowest BCUT2D eigenvalue weighted by molar-refractivity contribution is -0.146. The van der Waals surface area contributed by atoms with E-state index in [0.29, 0.717) is 22.8 Å². The number of aliphatic hydroxyl groups excluding tert-OH is 1. The lowest BCUT2D eigenvalue weighted by Gasteiger charge is -2.14. The average Bonchev–Trinajstić information content (AvgIpc) is 2.37. The van der Waals surface area contributed by atoms with E-state index in [-0.39, 0.29) is 6.42 Å². The standard InChI is InChI=1S/C12H16O6/c1-16-9-5-7(4-8(13)12(14)15)6-10(17-2)11(9)18-3/h5-6,8,13H,4H2,1-3H3,(H,14,15)/t8-/m0/s1. The lowest BCUT2D eigenvalue weighted by Crippen LogP contribution is -2.22. The van der Waals surface area contributed by atoms with Gasteiger partial charge in [0.15, 0.2) is 17.6 Å². The fourth-order valence-corrected chi connectivity index (χ4v) is 1.56. The van der Waals surface area contributed by atoms with Crippen molar-refractivity contribution in [3.63, 3.8) is 0 Å². The van der Waals surface area contributed by atoms with E-state index in [2.05, 4.69) is 0 Å². The van der Waals surface area contributed by atoms with Crippen molar-refractivity contribution in [2.45, 2.75) is 12.5 Å². The summed E-state index contributed by atoms with van der Waals surface area (Å²) >= 11 is 0. The molecule has 1 aromatic rings. The molecular formula is C12H16O6. The van der Waals surface area contributed by atoms with Gasteiger partial charge in [-0.1, -0.05) is 0 Å². The number of methoxy groups -OCH3 is 3. The zero-order chi connectivity index (χ0) is 13.7. The van der Waals surface area contributed by atoms with Crippen molar-refractivity contribution in [2.24, 2.45) is 0 Å². The summed E-state index contributed by atoms with van der Waals surface area (Å²) in [5.74, 6) is -0.00815. The second-order valence-electron chi connectivity index (χ2n) is 3.59. The van der Waals surface area contributed by atoms with Crippen LogP contribution in [0.4, 0.5) is 0 Å². The fraction of sp³-hybridized carbons (Fsp3) is 0.417. The highest BCUT2D eigenvalue weighted by atomic mass is 16.5. The predicted molar refractivity (Wildman–Crippen MR) is 63.4 cm³/mol. The first-order chi connectivity index (χ1) is 8.53. The van der Waals surface area contributed by atoms with E-state index in [0.717, 1.165) is 0 Å². The highest BCUT2D eigenvalue weighted by Gasteiger charge is 2.18. The van der Waals surface area contributed by atoms with Crippen LogP contribution in [0.5, 0.6) is 17.2 Å². The minimum Gasteiger partial charge on any atom is -0.493 e. The molecule has 0 aromatic heterocycles. The predicted octanol–water partition coefficient (Wildman–Crippen LogP) is 0.700. The Morgan fingerprint density at radius 3 is 2.00 bits per heavy atom. The molecule has 0 bridgehead atoms. The van der Waals surface area contributed by atoms with Crippen molar-refractivity contribution in [1.82, 2.24) is 0 Å². The van der Waals surface area contributed by atoms with Gasteiger partial charge in [-0.25, -0.2) is 4.79 Å². The maximum atomic E-state index is 10.6. The number of hydrogen-bond acceptors (Lipinski definition) is 5. The summed E-state index contributed by atoms with van der Waals surface area (Å²) in [4.78, 5) is 10.6. The summed E-state index contributed by atoms with van der Waals surface area (Å²) in [7, 11) is 4.41. The fourth-order valence-electron chi connectivity index (χ4n) is 1.56. The molecular weight excluding hydrogens is 240 g/mol. The number of aliphatic hydroxyl groups is 1. The van der Waals surface area contributed by atoms with Gasteiger partial charge in [-0.3, -0.25) is 0 Å². The Hall–Kier alpha value is -1.95. The van der Waals surface area contributed by atoms with Gasteiger partial charge in [-0.15, -0.1) is 0 Å². The number of rotatable bonds is 6. The summed E-state index contributed by atoms with van der Waals surface area (Å²) in [6, 6.07) is 3.21. The van der Waals surface area contributed by atoms with Gasteiger partial charge < -0.3 is 24.4 Å². The van der Waals surface area contributed by atoms with E-state index < -0.39 is 12.1 Å². The van der Waals surface area contributed by atoms with E-state index >= 15 is 0 Å². The molecule has 0 fully saturated rings. The Labute approximate surface area is 105 Å². The molecule has 0 radical (unpaired) electrons. The molecule has 0 amide bonds. The Bertz CT molecular complexity index is 404. The molecule has 18 heavy (non-hydrogen) atoms. The normalized spacial score (nSPS) is 11.8. The summed E-state index contributed by atoms with van der Waals surface area (Å²) in [6.07, 6.45) is -1.50. The summed E-state index contributed by atoms with van der Waals surface area (Å²) in [5.41, 5.74) is 0.583. The lowest BCUT2D eigenvalue weighted by atomic mass is 10.1. The molecule has 0 saturated heterocycles. The van der Waals surface area contributed by atoms with Crippen LogP contribution in [-0.4, -0.2) is 43.6 Å². The largest absolute Gasteiger partial charge is 0.493 e. The van der Waals surface area contributed by atoms with Gasteiger partial charge in [-0.05, 0) is 17.7 Å². The Balaban J connectivity index is 3.11. The summed E-state index contributed by atoms with van der Waals surface area (Å²) in [6.45, 7) is 0. The van der Waals surface area contributed by atoms with Crippen LogP contribution in [0.15, 0.2) is 12.1 Å². The van der Waals surface area contributed by atoms with Crippen molar-refractivity contribution in [2.75, 3.05) is 21.3 Å². The molecule has 1 aromatic carbocycles. The van der Waals surface area contributed by atoms with E-state index in [1.807, 2.05) is 0 Å². The topological polar surface area (TPSA) is 85.2 Å². The first-order valence-electron chi connectivity index (χ1n) is 5.23. The third-order valence-corrected chi connectivity index (χ3v) is 2.44. The Morgan fingerprint density at radius 1 is 1.17 bits per heavy atom. The minimum atomic E-state index is -1.46. The van der Waals surface area contributed by atoms with Gasteiger partial charge in [0.1, 0.15) is 0 Å². The molecule has 0 aliphatic heterocycles. The molecule has 0 aliphatic rings. The number of benzene rings is 1. The van der Waals surface area contributed by atoms with Crippen LogP contribution in [0.1, 0.15) is 5.56 Å². The third kappa shape index (κ3) is 3.04. The molecule has 1 atom stereocenters. The number of aliphatic carboxylic acids is 1. The van der Waals surface area contributed by atoms with Gasteiger partial charge in [0.05, 0.1) is 21.3 Å². The Kier molecular flexibility index (Phi) is 4.79. The first kappa shape index (κ1) is 14.1. The maximum Gasteiger partial charge on any atom is 0.332 e. The van der Waals surface area contributed by atoms with E-state index in [9.17, 15) is 9.90 Å². The van der Waals surface area contributed by atoms with Crippen LogP contribution >= 0.6 is 0 Å². The van der Waals surface area contributed by atoms with Crippen LogP contribution in [0.2, 0.25) is 0 Å². The number of hydrogen-bond donors (Lipinski definition) is 2. The molecule has 0 spiro atoms. The quantitative estimate of drug-likeness (QED) is 0.779. The van der Waals surface area contributed by atoms with Gasteiger partial charge in [0.25, 0.3) is 0 Å². The van der Waals surface area contributed by atoms with E-state index in [1.54, 1.807) is 12.1 Å². The molecule has 0 unspecified atom stereocenters. The van der Waals surface area contributed by atoms with Crippen molar-refractivity contribution in [3.05, 3.63) is 17.7 Å². The zero-order valence-electron chi connectivity index (χ0n) is 10.5. The molecule has 100 valence electrons. The summed E-state index contributed by atoms with van der Waals surface area (Å²) < 4.78 is 15.4.